The van der Waals surface area contributed by atoms with Crippen LogP contribution in [0.25, 0.3) is 0 Å². The van der Waals surface area contributed by atoms with Crippen LogP contribution in [0.1, 0.15) is 46.5 Å². The average Bonchev–Trinajstić information content (AvgIpc) is 2.26. The van der Waals surface area contributed by atoms with Gasteiger partial charge in [-0.3, -0.25) is 0 Å². The summed E-state index contributed by atoms with van der Waals surface area (Å²) in [4.78, 5) is 0. The Hall–Kier alpha value is -0.130. The van der Waals surface area contributed by atoms with Crippen LogP contribution in [0.4, 0.5) is 0 Å². The van der Waals surface area contributed by atoms with E-state index in [1.54, 1.807) is 0 Å². The van der Waals surface area contributed by atoms with Crippen LogP contribution >= 0.6 is 0 Å². The van der Waals surface area contributed by atoms with Crippen molar-refractivity contribution in [1.29, 1.82) is 0 Å². The number of hydrogen-bond donors (Lipinski definition) is 2. The van der Waals surface area contributed by atoms with Gasteiger partial charge in [0.25, 0.3) is 0 Å². The van der Waals surface area contributed by atoms with Gasteiger partial charge in [-0.25, -0.2) is 13.1 Å². The number of rotatable bonds is 6. The molecule has 1 aliphatic carbocycles. The maximum atomic E-state index is 10.9. The number of nitrogens with one attached hydrogen (secondary N) is 2. The second-order valence-corrected chi connectivity index (χ2v) is 8.79. The Bertz CT molecular complexity index is 352. The van der Waals surface area contributed by atoms with Crippen molar-refractivity contribution < 1.29 is 8.42 Å². The first-order valence-electron chi connectivity index (χ1n) is 7.34. The van der Waals surface area contributed by atoms with Crippen LogP contribution in [-0.4, -0.2) is 34.3 Å². The first-order valence-corrected chi connectivity index (χ1v) is 9.23. The molecular weight excluding hydrogens is 260 g/mol. The van der Waals surface area contributed by atoms with Gasteiger partial charge in [-0.2, -0.15) is 0 Å². The lowest BCUT2D eigenvalue weighted by atomic mass is 9.70. The summed E-state index contributed by atoms with van der Waals surface area (Å²) in [6, 6.07) is 0. The van der Waals surface area contributed by atoms with Crippen molar-refractivity contribution in [2.45, 2.75) is 46.5 Å². The Morgan fingerprint density at radius 1 is 1.05 bits per heavy atom. The van der Waals surface area contributed by atoms with Crippen molar-refractivity contribution in [3.05, 3.63) is 0 Å². The molecule has 4 nitrogen and oxygen atoms in total. The van der Waals surface area contributed by atoms with Gasteiger partial charge in [0.1, 0.15) is 0 Å². The molecular formula is C14H30N2O2S. The quantitative estimate of drug-likeness (QED) is 0.735. The van der Waals surface area contributed by atoms with Crippen LogP contribution in [0, 0.1) is 17.3 Å². The lowest BCUT2D eigenvalue weighted by molar-refractivity contribution is 0.149. The molecule has 0 atom stereocenters. The fourth-order valence-corrected chi connectivity index (χ4v) is 3.34. The Balaban J connectivity index is 2.10. The van der Waals surface area contributed by atoms with E-state index in [0.29, 0.717) is 18.5 Å². The summed E-state index contributed by atoms with van der Waals surface area (Å²) >= 11 is 0. The van der Waals surface area contributed by atoms with Crippen molar-refractivity contribution in [3.8, 4) is 0 Å². The molecule has 0 amide bonds. The summed E-state index contributed by atoms with van der Waals surface area (Å²) in [7, 11) is -3.04. The first-order chi connectivity index (χ1) is 8.68. The smallest absolute Gasteiger partial charge is 0.208 e. The van der Waals surface area contributed by atoms with Crippen LogP contribution < -0.4 is 10.0 Å². The van der Waals surface area contributed by atoms with E-state index in [1.807, 2.05) is 0 Å². The molecule has 2 N–H and O–H groups in total. The second kappa shape index (κ2) is 7.04. The fourth-order valence-electron chi connectivity index (χ4n) is 2.86. The van der Waals surface area contributed by atoms with Gasteiger partial charge in [0.2, 0.25) is 10.0 Å². The third-order valence-corrected chi connectivity index (χ3v) is 4.90. The molecule has 114 valence electrons. The normalized spacial score (nSPS) is 25.5. The molecule has 0 bridgehead atoms. The van der Waals surface area contributed by atoms with Crippen molar-refractivity contribution in [1.82, 2.24) is 10.0 Å². The monoisotopic (exact) mass is 290 g/mol. The molecule has 0 heterocycles. The van der Waals surface area contributed by atoms with Gasteiger partial charge < -0.3 is 5.32 Å². The van der Waals surface area contributed by atoms with Crippen molar-refractivity contribution in [2.24, 2.45) is 17.3 Å². The molecule has 0 unspecified atom stereocenters. The Kier molecular flexibility index (Phi) is 6.27. The van der Waals surface area contributed by atoms with E-state index >= 15 is 0 Å². The molecule has 1 fully saturated rings. The van der Waals surface area contributed by atoms with E-state index in [1.165, 1.54) is 31.9 Å². The largest absolute Gasteiger partial charge is 0.315 e. The summed E-state index contributed by atoms with van der Waals surface area (Å²) in [5.41, 5.74) is 0.442. The Morgan fingerprint density at radius 3 is 2.11 bits per heavy atom. The zero-order chi connectivity index (χ0) is 14.5. The maximum Gasteiger partial charge on any atom is 0.208 e. The van der Waals surface area contributed by atoms with E-state index in [-0.39, 0.29) is 0 Å². The zero-order valence-electron chi connectivity index (χ0n) is 12.8. The van der Waals surface area contributed by atoms with Gasteiger partial charge in [-0.15, -0.1) is 0 Å². The van der Waals surface area contributed by atoms with Gasteiger partial charge in [0.05, 0.1) is 6.26 Å². The summed E-state index contributed by atoms with van der Waals surface area (Å²) in [5.74, 6) is 1.62. The van der Waals surface area contributed by atoms with Crippen LogP contribution in [0.2, 0.25) is 0 Å². The van der Waals surface area contributed by atoms with Gasteiger partial charge >= 0.3 is 0 Å². The van der Waals surface area contributed by atoms with Gasteiger partial charge in [0.15, 0.2) is 0 Å². The van der Waals surface area contributed by atoms with E-state index in [2.05, 4.69) is 30.8 Å². The molecule has 0 aromatic carbocycles. The molecule has 1 saturated carbocycles. The minimum absolute atomic E-state index is 0.442. The minimum Gasteiger partial charge on any atom is -0.315 e. The average molecular weight is 290 g/mol. The van der Waals surface area contributed by atoms with E-state index < -0.39 is 10.0 Å². The molecule has 0 aromatic rings. The predicted octanol–water partition coefficient (Wildman–Crippen LogP) is 1.98. The summed E-state index contributed by atoms with van der Waals surface area (Å²) in [6.07, 6.45) is 6.46. The SMILES string of the molecule is CC(C)(C)C1CCC(CNCCNS(C)(=O)=O)CC1. The molecule has 19 heavy (non-hydrogen) atoms. The van der Waals surface area contributed by atoms with Crippen LogP contribution in [0.3, 0.4) is 0 Å². The fraction of sp³-hybridized carbons (Fsp3) is 1.00. The molecule has 0 saturated heterocycles. The summed E-state index contributed by atoms with van der Waals surface area (Å²) < 4.78 is 24.3. The van der Waals surface area contributed by atoms with Gasteiger partial charge in [-0.05, 0) is 49.5 Å². The minimum atomic E-state index is -3.04. The molecule has 0 aromatic heterocycles. The van der Waals surface area contributed by atoms with Crippen LogP contribution in [0.15, 0.2) is 0 Å². The van der Waals surface area contributed by atoms with E-state index in [0.717, 1.165) is 18.4 Å². The van der Waals surface area contributed by atoms with Gasteiger partial charge in [-0.1, -0.05) is 20.8 Å². The van der Waals surface area contributed by atoms with E-state index in [9.17, 15) is 8.42 Å². The highest BCUT2D eigenvalue weighted by molar-refractivity contribution is 7.88. The maximum absolute atomic E-state index is 10.9. The topological polar surface area (TPSA) is 58.2 Å². The van der Waals surface area contributed by atoms with Crippen molar-refractivity contribution in [2.75, 3.05) is 25.9 Å². The number of sulfonamides is 1. The Morgan fingerprint density at radius 2 is 1.63 bits per heavy atom. The van der Waals surface area contributed by atoms with Crippen LogP contribution in [-0.2, 0) is 10.0 Å². The zero-order valence-corrected chi connectivity index (χ0v) is 13.6. The Labute approximate surface area is 118 Å². The second-order valence-electron chi connectivity index (χ2n) is 6.95. The summed E-state index contributed by atoms with van der Waals surface area (Å²) in [6.45, 7) is 9.23. The van der Waals surface area contributed by atoms with Crippen LogP contribution in [0.5, 0.6) is 0 Å². The standard InChI is InChI=1S/C14H30N2O2S/c1-14(2,3)13-7-5-12(6-8-13)11-15-9-10-16-19(4,17)18/h12-13,15-16H,5-11H2,1-4H3. The third-order valence-electron chi connectivity index (χ3n) is 4.17. The van der Waals surface area contributed by atoms with Gasteiger partial charge in [0, 0.05) is 13.1 Å². The first kappa shape index (κ1) is 16.9. The highest BCUT2D eigenvalue weighted by Crippen LogP contribution is 2.39. The van der Waals surface area contributed by atoms with Crippen molar-refractivity contribution in [3.63, 3.8) is 0 Å². The molecule has 5 heteroatoms. The molecule has 0 spiro atoms. The van der Waals surface area contributed by atoms with E-state index in [4.69, 9.17) is 0 Å². The number of hydrogen-bond acceptors (Lipinski definition) is 3. The highest BCUT2D eigenvalue weighted by Gasteiger charge is 2.29. The molecule has 1 rings (SSSR count). The molecule has 0 aliphatic heterocycles. The molecule has 0 radical (unpaired) electrons. The predicted molar refractivity (Wildman–Crippen MR) is 80.6 cm³/mol. The molecule has 1 aliphatic rings. The lowest BCUT2D eigenvalue weighted by Crippen LogP contribution is -2.35. The third kappa shape index (κ3) is 7.28. The van der Waals surface area contributed by atoms with Crippen molar-refractivity contribution >= 4 is 10.0 Å². The summed E-state index contributed by atoms with van der Waals surface area (Å²) in [5, 5.41) is 3.35. The highest BCUT2D eigenvalue weighted by atomic mass is 32.2. The lowest BCUT2D eigenvalue weighted by Gasteiger charge is -2.37.